The monoisotopic (exact) mass is 272 g/mol. The van der Waals surface area contributed by atoms with E-state index >= 15 is 0 Å². The third-order valence-corrected chi connectivity index (χ3v) is 5.02. The van der Waals surface area contributed by atoms with Gasteiger partial charge in [0.15, 0.2) is 0 Å². The number of rotatable bonds is 2. The van der Waals surface area contributed by atoms with Crippen LogP contribution in [0.25, 0.3) is 0 Å². The van der Waals surface area contributed by atoms with Gasteiger partial charge >= 0.3 is 0 Å². The molecule has 108 valence electrons. The third-order valence-electron chi connectivity index (χ3n) is 5.02. The molecule has 3 unspecified atom stereocenters. The fourth-order valence-corrected chi connectivity index (χ4v) is 3.90. The first-order valence-corrected chi connectivity index (χ1v) is 7.70. The van der Waals surface area contributed by atoms with Gasteiger partial charge in [0.05, 0.1) is 0 Å². The van der Waals surface area contributed by atoms with Gasteiger partial charge in [0.2, 0.25) is 0 Å². The first kappa shape index (κ1) is 13.6. The van der Waals surface area contributed by atoms with Crippen LogP contribution in [0.1, 0.15) is 34.8 Å². The van der Waals surface area contributed by atoms with Crippen molar-refractivity contribution in [3.63, 3.8) is 0 Å². The number of nitrogens with zero attached hydrogens (tertiary/aromatic N) is 1. The van der Waals surface area contributed by atoms with E-state index in [4.69, 9.17) is 0 Å². The van der Waals surface area contributed by atoms with Crippen LogP contribution in [0.4, 0.5) is 0 Å². The average molecular weight is 272 g/mol. The largest absolute Gasteiger partial charge is 0.335 e. The highest BCUT2D eigenvalue weighted by Crippen LogP contribution is 2.35. The van der Waals surface area contributed by atoms with Gasteiger partial charge in [-0.25, -0.2) is 0 Å². The van der Waals surface area contributed by atoms with Gasteiger partial charge in [0.25, 0.3) is 5.91 Å². The lowest BCUT2D eigenvalue weighted by molar-refractivity contribution is 0.0711. The second-order valence-electron chi connectivity index (χ2n) is 6.33. The van der Waals surface area contributed by atoms with Crippen LogP contribution in [0.15, 0.2) is 18.2 Å². The van der Waals surface area contributed by atoms with Crippen LogP contribution in [0.5, 0.6) is 0 Å². The molecule has 0 bridgehead atoms. The molecular weight excluding hydrogens is 248 g/mol. The molecule has 0 saturated carbocycles. The molecule has 2 saturated heterocycles. The zero-order valence-corrected chi connectivity index (χ0v) is 12.6. The molecule has 2 aliphatic rings. The molecule has 2 aliphatic heterocycles. The smallest absolute Gasteiger partial charge is 0.254 e. The zero-order valence-electron chi connectivity index (χ0n) is 12.6. The Hall–Kier alpha value is -1.35. The minimum Gasteiger partial charge on any atom is -0.335 e. The topological polar surface area (TPSA) is 32.3 Å². The van der Waals surface area contributed by atoms with Crippen molar-refractivity contribution in [3.05, 3.63) is 34.9 Å². The lowest BCUT2D eigenvalue weighted by Gasteiger charge is -2.27. The van der Waals surface area contributed by atoms with Crippen molar-refractivity contribution in [1.82, 2.24) is 10.2 Å². The van der Waals surface area contributed by atoms with Crippen LogP contribution >= 0.6 is 0 Å². The van der Waals surface area contributed by atoms with Crippen molar-refractivity contribution >= 4 is 5.91 Å². The number of aryl methyl sites for hydroxylation is 2. The molecule has 20 heavy (non-hydrogen) atoms. The maximum atomic E-state index is 12.9. The highest BCUT2D eigenvalue weighted by atomic mass is 16.2. The predicted octanol–water partition coefficient (Wildman–Crippen LogP) is 2.37. The van der Waals surface area contributed by atoms with Crippen molar-refractivity contribution in [2.45, 2.75) is 33.2 Å². The zero-order chi connectivity index (χ0) is 14.3. The van der Waals surface area contributed by atoms with E-state index < -0.39 is 0 Å². The summed E-state index contributed by atoms with van der Waals surface area (Å²) in [6.45, 7) is 9.34. The van der Waals surface area contributed by atoms with E-state index in [2.05, 4.69) is 36.2 Å². The number of nitrogens with one attached hydrogen (secondary N) is 1. The number of fused-ring (bicyclic) bond motifs is 1. The lowest BCUT2D eigenvalue weighted by Crippen LogP contribution is -2.39. The normalized spacial score (nSPS) is 28.8. The number of amides is 1. The molecule has 3 heteroatoms. The maximum Gasteiger partial charge on any atom is 0.254 e. The van der Waals surface area contributed by atoms with E-state index in [9.17, 15) is 4.79 Å². The van der Waals surface area contributed by atoms with Crippen LogP contribution in [-0.4, -0.2) is 36.5 Å². The van der Waals surface area contributed by atoms with Crippen LogP contribution in [0, 0.1) is 25.7 Å². The summed E-state index contributed by atoms with van der Waals surface area (Å²) in [6.07, 6.45) is 1.06. The second-order valence-corrected chi connectivity index (χ2v) is 6.33. The number of carbonyl (C=O) groups excluding carboxylic acids is 1. The molecular formula is C17H24N2O. The summed E-state index contributed by atoms with van der Waals surface area (Å²) in [5, 5.41) is 3.47. The molecule has 1 N–H and O–H groups in total. The number of benzene rings is 1. The van der Waals surface area contributed by atoms with Crippen molar-refractivity contribution in [3.8, 4) is 0 Å². The van der Waals surface area contributed by atoms with Gasteiger partial charge < -0.3 is 10.2 Å². The Labute approximate surface area is 121 Å². The molecule has 0 aliphatic carbocycles. The van der Waals surface area contributed by atoms with E-state index in [1.165, 1.54) is 0 Å². The van der Waals surface area contributed by atoms with E-state index in [-0.39, 0.29) is 5.91 Å². The van der Waals surface area contributed by atoms with Crippen LogP contribution in [-0.2, 0) is 0 Å². The Balaban J connectivity index is 1.88. The van der Waals surface area contributed by atoms with E-state index in [0.29, 0.717) is 17.9 Å². The summed E-state index contributed by atoms with van der Waals surface area (Å²) in [4.78, 5) is 15.1. The molecule has 3 rings (SSSR count). The number of likely N-dealkylation sites (tertiary alicyclic amines) is 1. The molecule has 3 nitrogen and oxygen atoms in total. The molecule has 0 aromatic heterocycles. The minimum absolute atomic E-state index is 0.229. The highest BCUT2D eigenvalue weighted by molar-refractivity contribution is 5.96. The van der Waals surface area contributed by atoms with Crippen LogP contribution in [0.3, 0.4) is 0 Å². The summed E-state index contributed by atoms with van der Waals surface area (Å²) < 4.78 is 0. The summed E-state index contributed by atoms with van der Waals surface area (Å²) in [7, 11) is 0. The molecule has 1 aromatic carbocycles. The fourth-order valence-electron chi connectivity index (χ4n) is 3.90. The Morgan fingerprint density at radius 2 is 2.15 bits per heavy atom. The highest BCUT2D eigenvalue weighted by Gasteiger charge is 2.45. The summed E-state index contributed by atoms with van der Waals surface area (Å²) >= 11 is 0. The van der Waals surface area contributed by atoms with Crippen LogP contribution in [0.2, 0.25) is 0 Å². The van der Waals surface area contributed by atoms with Gasteiger partial charge in [0.1, 0.15) is 0 Å². The average Bonchev–Trinajstić information content (AvgIpc) is 3.00. The standard InChI is InChI=1S/C17H24N2O/c1-4-16-15-9-18-8-13(15)10-19(16)17(20)14-7-11(2)5-6-12(14)3/h5-7,13,15-16,18H,4,8-10H2,1-3H3. The number of hydrogen-bond acceptors (Lipinski definition) is 2. The molecule has 3 atom stereocenters. The SMILES string of the molecule is CCC1C2CNCC2CN1C(=O)c1cc(C)ccc1C. The number of hydrogen-bond donors (Lipinski definition) is 1. The Morgan fingerprint density at radius 3 is 2.90 bits per heavy atom. The quantitative estimate of drug-likeness (QED) is 0.896. The van der Waals surface area contributed by atoms with Gasteiger partial charge in [-0.1, -0.05) is 24.6 Å². The Kier molecular flexibility index (Phi) is 3.55. The predicted molar refractivity (Wildman–Crippen MR) is 80.9 cm³/mol. The van der Waals surface area contributed by atoms with Gasteiger partial charge in [-0.15, -0.1) is 0 Å². The van der Waals surface area contributed by atoms with E-state index in [1.54, 1.807) is 0 Å². The summed E-state index contributed by atoms with van der Waals surface area (Å²) in [6, 6.07) is 6.58. The first-order valence-electron chi connectivity index (χ1n) is 7.70. The molecule has 1 aromatic rings. The molecule has 1 amide bonds. The fraction of sp³-hybridized carbons (Fsp3) is 0.588. The summed E-state index contributed by atoms with van der Waals surface area (Å²) in [5.74, 6) is 1.52. The maximum absolute atomic E-state index is 12.9. The molecule has 0 spiro atoms. The van der Waals surface area contributed by atoms with Gasteiger partial charge in [0, 0.05) is 31.2 Å². The Morgan fingerprint density at radius 1 is 1.35 bits per heavy atom. The second kappa shape index (κ2) is 5.21. The lowest BCUT2D eigenvalue weighted by atomic mass is 9.92. The van der Waals surface area contributed by atoms with Gasteiger partial charge in [-0.2, -0.15) is 0 Å². The van der Waals surface area contributed by atoms with Crippen molar-refractivity contribution < 1.29 is 4.79 Å². The summed E-state index contributed by atoms with van der Waals surface area (Å²) in [5.41, 5.74) is 3.13. The minimum atomic E-state index is 0.229. The van der Waals surface area contributed by atoms with Crippen molar-refractivity contribution in [1.29, 1.82) is 0 Å². The first-order chi connectivity index (χ1) is 9.61. The number of carbonyl (C=O) groups is 1. The van der Waals surface area contributed by atoms with E-state index in [0.717, 1.165) is 42.7 Å². The van der Waals surface area contributed by atoms with Gasteiger partial charge in [-0.05, 0) is 43.7 Å². The van der Waals surface area contributed by atoms with Crippen molar-refractivity contribution in [2.75, 3.05) is 19.6 Å². The van der Waals surface area contributed by atoms with Gasteiger partial charge in [-0.3, -0.25) is 4.79 Å². The van der Waals surface area contributed by atoms with E-state index in [1.807, 2.05) is 13.0 Å². The molecule has 2 fully saturated rings. The van der Waals surface area contributed by atoms with Crippen LogP contribution < -0.4 is 5.32 Å². The third kappa shape index (κ3) is 2.14. The molecule has 2 heterocycles. The Bertz CT molecular complexity index is 526. The van der Waals surface area contributed by atoms with Crippen molar-refractivity contribution in [2.24, 2.45) is 11.8 Å². The molecule has 0 radical (unpaired) electrons.